The van der Waals surface area contributed by atoms with Crippen LogP contribution in [-0.4, -0.2) is 19.3 Å². The third-order valence-electron chi connectivity index (χ3n) is 1.34. The van der Waals surface area contributed by atoms with Gasteiger partial charge >= 0.3 is 0 Å². The second-order valence-corrected chi connectivity index (χ2v) is 2.07. The molecule has 1 aromatic carbocycles. The molecule has 0 spiro atoms. The topological polar surface area (TPSA) is 38.7 Å². The lowest BCUT2D eigenvalue weighted by Gasteiger charge is -2.03. The van der Waals surface area contributed by atoms with Crippen LogP contribution in [0.2, 0.25) is 0 Å². The Bertz CT molecular complexity index is 223. The van der Waals surface area contributed by atoms with Crippen molar-refractivity contribution in [3.63, 3.8) is 0 Å². The molecule has 1 rings (SSSR count). The predicted octanol–water partition coefficient (Wildman–Crippen LogP) is 1.41. The first-order valence-corrected chi connectivity index (χ1v) is 3.18. The van der Waals surface area contributed by atoms with Crippen LogP contribution in [0, 0.1) is 0 Å². The predicted molar refractivity (Wildman–Crippen MR) is 41.2 cm³/mol. The second-order valence-electron chi connectivity index (χ2n) is 2.07. The van der Waals surface area contributed by atoms with Crippen molar-refractivity contribution < 1.29 is 14.6 Å². The first-order chi connectivity index (χ1) is 5.26. The minimum atomic E-state index is 0.140. The smallest absolute Gasteiger partial charge is 0.126 e. The van der Waals surface area contributed by atoms with Crippen LogP contribution in [0.5, 0.6) is 17.2 Å². The molecule has 3 nitrogen and oxygen atoms in total. The Labute approximate surface area is 65.2 Å². The molecule has 0 heterocycles. The average Bonchev–Trinajstić information content (AvgIpc) is 2.03. The van der Waals surface area contributed by atoms with Gasteiger partial charge in [0.2, 0.25) is 0 Å². The van der Waals surface area contributed by atoms with Gasteiger partial charge in [-0.2, -0.15) is 0 Å². The van der Waals surface area contributed by atoms with Crippen molar-refractivity contribution in [1.82, 2.24) is 0 Å². The van der Waals surface area contributed by atoms with Crippen LogP contribution in [0.3, 0.4) is 0 Å². The molecule has 0 radical (unpaired) electrons. The zero-order valence-electron chi connectivity index (χ0n) is 6.50. The van der Waals surface area contributed by atoms with Gasteiger partial charge < -0.3 is 14.6 Å². The fourth-order valence-corrected chi connectivity index (χ4v) is 0.792. The van der Waals surface area contributed by atoms with E-state index in [-0.39, 0.29) is 5.75 Å². The Morgan fingerprint density at radius 1 is 1.00 bits per heavy atom. The Morgan fingerprint density at radius 3 is 1.82 bits per heavy atom. The molecule has 0 aliphatic heterocycles. The van der Waals surface area contributed by atoms with Crippen molar-refractivity contribution in [2.24, 2.45) is 0 Å². The van der Waals surface area contributed by atoms with Gasteiger partial charge in [0.1, 0.15) is 17.2 Å². The number of phenols is 1. The SMILES string of the molecule is COc1cc(O)cc(OC)[13cH]1. The van der Waals surface area contributed by atoms with Crippen molar-refractivity contribution in [3.8, 4) is 17.2 Å². The van der Waals surface area contributed by atoms with E-state index in [0.717, 1.165) is 0 Å². The highest BCUT2D eigenvalue weighted by molar-refractivity contribution is 5.41. The fourth-order valence-electron chi connectivity index (χ4n) is 0.792. The number of phenolic OH excluding ortho intramolecular Hbond substituents is 1. The van der Waals surface area contributed by atoms with E-state index in [1.165, 1.54) is 26.4 Å². The molecule has 1 N–H and O–H groups in total. The van der Waals surface area contributed by atoms with Gasteiger partial charge in [0, 0.05) is 18.2 Å². The Hall–Kier alpha value is -1.38. The molecule has 1 aromatic rings. The highest BCUT2D eigenvalue weighted by Gasteiger charge is 1.98. The summed E-state index contributed by atoms with van der Waals surface area (Å²) in [4.78, 5) is 0. The average molecular weight is 155 g/mol. The summed E-state index contributed by atoms with van der Waals surface area (Å²) in [6, 6.07) is 4.73. The molecule has 0 aromatic heterocycles. The number of hydrogen-bond donors (Lipinski definition) is 1. The van der Waals surface area contributed by atoms with Crippen LogP contribution in [0.1, 0.15) is 0 Å². The normalized spacial score (nSPS) is 9.27. The van der Waals surface area contributed by atoms with Crippen LogP contribution >= 0.6 is 0 Å². The van der Waals surface area contributed by atoms with Gasteiger partial charge in [-0.05, 0) is 0 Å². The number of benzene rings is 1. The minimum Gasteiger partial charge on any atom is -0.508 e. The lowest BCUT2D eigenvalue weighted by atomic mass is 10.4. The standard InChI is InChI=1S/C8H10O3/c1-10-7-3-6(9)4-8(5-7)11-2/h3-5,9H,1-2H3/i5+1. The van der Waals surface area contributed by atoms with Gasteiger partial charge in [-0.25, -0.2) is 0 Å². The van der Waals surface area contributed by atoms with Crippen LogP contribution in [0.15, 0.2) is 18.2 Å². The van der Waals surface area contributed by atoms with E-state index in [1.54, 1.807) is 6.07 Å². The number of methoxy groups -OCH3 is 2. The van der Waals surface area contributed by atoms with Crippen molar-refractivity contribution in [3.05, 3.63) is 18.2 Å². The molecule has 0 saturated heterocycles. The quantitative estimate of drug-likeness (QED) is 0.701. The largest absolute Gasteiger partial charge is 0.508 e. The third kappa shape index (κ3) is 1.77. The molecule has 11 heavy (non-hydrogen) atoms. The summed E-state index contributed by atoms with van der Waals surface area (Å²) >= 11 is 0. The Kier molecular flexibility index (Phi) is 2.21. The maximum Gasteiger partial charge on any atom is 0.126 e. The summed E-state index contributed by atoms with van der Waals surface area (Å²) in [5, 5.41) is 9.10. The van der Waals surface area contributed by atoms with E-state index < -0.39 is 0 Å². The second kappa shape index (κ2) is 3.14. The van der Waals surface area contributed by atoms with Gasteiger partial charge in [-0.1, -0.05) is 0 Å². The first kappa shape index (κ1) is 7.72. The van der Waals surface area contributed by atoms with Crippen LogP contribution in [0.25, 0.3) is 0 Å². The van der Waals surface area contributed by atoms with Crippen LogP contribution < -0.4 is 9.47 Å². The lowest BCUT2D eigenvalue weighted by molar-refractivity contribution is 0.385. The van der Waals surface area contributed by atoms with Gasteiger partial charge in [0.05, 0.1) is 14.2 Å². The Balaban J connectivity index is 3.02. The van der Waals surface area contributed by atoms with E-state index in [2.05, 4.69) is 0 Å². The summed E-state index contributed by atoms with van der Waals surface area (Å²) in [5.74, 6) is 1.31. The molecule has 0 unspecified atom stereocenters. The monoisotopic (exact) mass is 155 g/mol. The number of hydrogen-bond acceptors (Lipinski definition) is 3. The van der Waals surface area contributed by atoms with E-state index in [1.807, 2.05) is 0 Å². The van der Waals surface area contributed by atoms with Crippen molar-refractivity contribution in [1.29, 1.82) is 0 Å². The maximum absolute atomic E-state index is 9.10. The molecule has 3 heteroatoms. The van der Waals surface area contributed by atoms with E-state index >= 15 is 0 Å². The molecule has 0 amide bonds. The minimum absolute atomic E-state index is 0.140. The first-order valence-electron chi connectivity index (χ1n) is 3.18. The molecule has 60 valence electrons. The number of rotatable bonds is 2. The molecular formula is C8H10O3. The zero-order chi connectivity index (χ0) is 8.27. The van der Waals surface area contributed by atoms with Crippen molar-refractivity contribution >= 4 is 0 Å². The van der Waals surface area contributed by atoms with E-state index in [9.17, 15) is 0 Å². The van der Waals surface area contributed by atoms with Crippen LogP contribution in [-0.2, 0) is 0 Å². The molecule has 0 bridgehead atoms. The van der Waals surface area contributed by atoms with Crippen LogP contribution in [0.4, 0.5) is 0 Å². The van der Waals surface area contributed by atoms with Gasteiger partial charge in [-0.15, -0.1) is 0 Å². The van der Waals surface area contributed by atoms with Gasteiger partial charge in [0.15, 0.2) is 0 Å². The molecule has 0 saturated carbocycles. The highest BCUT2D eigenvalue weighted by Crippen LogP contribution is 2.25. The molecular weight excluding hydrogens is 145 g/mol. The molecule has 0 aliphatic rings. The van der Waals surface area contributed by atoms with E-state index in [0.29, 0.717) is 11.5 Å². The lowest BCUT2D eigenvalue weighted by Crippen LogP contribution is -1.85. The molecule has 0 atom stereocenters. The zero-order valence-corrected chi connectivity index (χ0v) is 6.50. The van der Waals surface area contributed by atoms with Crippen molar-refractivity contribution in [2.75, 3.05) is 14.2 Å². The number of ether oxygens (including phenoxy) is 2. The van der Waals surface area contributed by atoms with Crippen molar-refractivity contribution in [2.45, 2.75) is 0 Å². The summed E-state index contributed by atoms with van der Waals surface area (Å²) in [6.45, 7) is 0. The summed E-state index contributed by atoms with van der Waals surface area (Å²) in [7, 11) is 3.07. The Morgan fingerprint density at radius 2 is 1.45 bits per heavy atom. The summed E-state index contributed by atoms with van der Waals surface area (Å²) < 4.78 is 9.80. The van der Waals surface area contributed by atoms with E-state index in [4.69, 9.17) is 14.6 Å². The third-order valence-corrected chi connectivity index (χ3v) is 1.34. The fraction of sp³-hybridized carbons (Fsp3) is 0.250. The summed E-state index contributed by atoms with van der Waals surface area (Å²) in [6.07, 6.45) is 0. The molecule has 0 aliphatic carbocycles. The van der Waals surface area contributed by atoms with Gasteiger partial charge in [-0.3, -0.25) is 0 Å². The highest BCUT2D eigenvalue weighted by atomic mass is 16.5. The molecule has 0 fully saturated rings. The maximum atomic E-state index is 9.10. The number of aromatic hydroxyl groups is 1. The summed E-state index contributed by atoms with van der Waals surface area (Å²) in [5.41, 5.74) is 0. The van der Waals surface area contributed by atoms with Gasteiger partial charge in [0.25, 0.3) is 0 Å².